The molecule has 7 heteroatoms. The molecular formula is C23H25NO6. The van der Waals surface area contributed by atoms with Crippen LogP contribution >= 0.6 is 0 Å². The van der Waals surface area contributed by atoms with Gasteiger partial charge >= 0.3 is 0 Å². The maximum absolute atomic E-state index is 12.9. The Morgan fingerprint density at radius 2 is 1.83 bits per heavy atom. The molecular weight excluding hydrogens is 386 g/mol. The van der Waals surface area contributed by atoms with Gasteiger partial charge in [0.2, 0.25) is 0 Å². The van der Waals surface area contributed by atoms with Crippen LogP contribution in [0.3, 0.4) is 0 Å². The van der Waals surface area contributed by atoms with Gasteiger partial charge in [-0.1, -0.05) is 31.2 Å². The van der Waals surface area contributed by atoms with E-state index in [4.69, 9.17) is 9.47 Å². The van der Waals surface area contributed by atoms with Crippen molar-refractivity contribution in [2.24, 2.45) is 0 Å². The van der Waals surface area contributed by atoms with Gasteiger partial charge < -0.3 is 24.6 Å². The topological polar surface area (TPSA) is 96.3 Å². The van der Waals surface area contributed by atoms with Gasteiger partial charge in [0.15, 0.2) is 0 Å². The van der Waals surface area contributed by atoms with Crippen LogP contribution in [-0.4, -0.2) is 53.7 Å². The van der Waals surface area contributed by atoms with E-state index < -0.39 is 17.7 Å². The molecule has 1 saturated heterocycles. The standard InChI is InChI=1S/C23H25NO6/c1-3-12-30-18-6-4-5-16(14-18)21(26)19-20(15-7-9-17(25)10-8-15)24(11-13-29-2)23(28)22(19)27/h4-10,14,20,25-26H,3,11-13H2,1-2H3/b21-19+. The number of likely N-dealkylation sites (tertiary alicyclic amines) is 1. The number of aliphatic hydroxyl groups is 1. The number of nitrogens with zero attached hydrogens (tertiary/aromatic N) is 1. The van der Waals surface area contributed by atoms with Crippen molar-refractivity contribution in [3.8, 4) is 11.5 Å². The number of carbonyl (C=O) groups excluding carboxylic acids is 2. The minimum Gasteiger partial charge on any atom is -0.508 e. The van der Waals surface area contributed by atoms with Crippen LogP contribution in [0.15, 0.2) is 54.1 Å². The van der Waals surface area contributed by atoms with E-state index in [0.717, 1.165) is 6.42 Å². The summed E-state index contributed by atoms with van der Waals surface area (Å²) in [5, 5.41) is 20.7. The molecule has 1 atom stereocenters. The summed E-state index contributed by atoms with van der Waals surface area (Å²) in [6.45, 7) is 2.94. The molecule has 1 heterocycles. The van der Waals surface area contributed by atoms with Crippen molar-refractivity contribution < 1.29 is 29.3 Å². The lowest BCUT2D eigenvalue weighted by atomic mass is 9.95. The largest absolute Gasteiger partial charge is 0.508 e. The maximum atomic E-state index is 12.9. The molecule has 0 bridgehead atoms. The second kappa shape index (κ2) is 9.45. The van der Waals surface area contributed by atoms with Crippen LogP contribution in [-0.2, 0) is 14.3 Å². The number of aliphatic hydroxyl groups excluding tert-OH is 1. The van der Waals surface area contributed by atoms with Gasteiger partial charge in [0.05, 0.1) is 24.8 Å². The summed E-state index contributed by atoms with van der Waals surface area (Å²) in [5.41, 5.74) is 0.981. The van der Waals surface area contributed by atoms with Crippen LogP contribution in [0.1, 0.15) is 30.5 Å². The molecule has 0 spiro atoms. The number of ketones is 1. The first kappa shape index (κ1) is 21.4. The summed E-state index contributed by atoms with van der Waals surface area (Å²) in [7, 11) is 1.51. The molecule has 7 nitrogen and oxygen atoms in total. The summed E-state index contributed by atoms with van der Waals surface area (Å²) >= 11 is 0. The van der Waals surface area contributed by atoms with Crippen molar-refractivity contribution in [3.05, 3.63) is 65.2 Å². The average Bonchev–Trinajstić information content (AvgIpc) is 3.01. The molecule has 30 heavy (non-hydrogen) atoms. The molecule has 0 saturated carbocycles. The van der Waals surface area contributed by atoms with Gasteiger partial charge in [-0.15, -0.1) is 0 Å². The Hall–Kier alpha value is -3.32. The number of Topliss-reactive ketones (excluding diaryl/α,β-unsaturated/α-hetero) is 1. The molecule has 0 radical (unpaired) electrons. The van der Waals surface area contributed by atoms with Crippen LogP contribution in [0, 0.1) is 0 Å². The zero-order valence-corrected chi connectivity index (χ0v) is 17.0. The zero-order chi connectivity index (χ0) is 21.7. The zero-order valence-electron chi connectivity index (χ0n) is 17.0. The normalized spacial score (nSPS) is 18.1. The second-order valence-corrected chi connectivity index (χ2v) is 6.95. The summed E-state index contributed by atoms with van der Waals surface area (Å²) in [6.07, 6.45) is 0.835. The van der Waals surface area contributed by atoms with Gasteiger partial charge in [-0.25, -0.2) is 0 Å². The van der Waals surface area contributed by atoms with E-state index in [9.17, 15) is 19.8 Å². The molecule has 1 aliphatic heterocycles. The van der Waals surface area contributed by atoms with Gasteiger partial charge in [-0.05, 0) is 36.2 Å². The van der Waals surface area contributed by atoms with Crippen LogP contribution in [0.2, 0.25) is 0 Å². The van der Waals surface area contributed by atoms with Crippen LogP contribution in [0.5, 0.6) is 11.5 Å². The molecule has 0 aliphatic carbocycles. The highest BCUT2D eigenvalue weighted by molar-refractivity contribution is 6.46. The van der Waals surface area contributed by atoms with E-state index in [1.807, 2.05) is 6.92 Å². The summed E-state index contributed by atoms with van der Waals surface area (Å²) < 4.78 is 10.7. The quantitative estimate of drug-likeness (QED) is 0.393. The summed E-state index contributed by atoms with van der Waals surface area (Å²) in [4.78, 5) is 27.0. The molecule has 1 aliphatic rings. The SMILES string of the molecule is CCCOc1cccc(/C(O)=C2\C(=O)C(=O)N(CCOC)C2c2ccc(O)cc2)c1. The highest BCUT2D eigenvalue weighted by atomic mass is 16.5. The number of aromatic hydroxyl groups is 1. The number of rotatable bonds is 8. The first-order valence-electron chi connectivity index (χ1n) is 9.77. The average molecular weight is 411 g/mol. The monoisotopic (exact) mass is 411 g/mol. The summed E-state index contributed by atoms with van der Waals surface area (Å²) in [6, 6.07) is 12.2. The Kier molecular flexibility index (Phi) is 6.74. The number of carbonyl (C=O) groups is 2. The highest BCUT2D eigenvalue weighted by Gasteiger charge is 2.45. The first-order chi connectivity index (χ1) is 14.5. The Morgan fingerprint density at radius 1 is 1.10 bits per heavy atom. The van der Waals surface area contributed by atoms with Gasteiger partial charge in [0.1, 0.15) is 17.3 Å². The Labute approximate surface area is 175 Å². The first-order valence-corrected chi connectivity index (χ1v) is 9.77. The Balaban J connectivity index is 2.10. The smallest absolute Gasteiger partial charge is 0.295 e. The number of ether oxygens (including phenoxy) is 2. The van der Waals surface area contributed by atoms with Crippen LogP contribution < -0.4 is 4.74 Å². The number of amides is 1. The number of methoxy groups -OCH3 is 1. The van der Waals surface area contributed by atoms with Crippen LogP contribution in [0.25, 0.3) is 5.76 Å². The minimum absolute atomic E-state index is 0.00515. The lowest BCUT2D eigenvalue weighted by molar-refractivity contribution is -0.140. The Morgan fingerprint density at radius 3 is 2.50 bits per heavy atom. The third kappa shape index (κ3) is 4.31. The number of hydrogen-bond donors (Lipinski definition) is 2. The predicted molar refractivity (Wildman–Crippen MR) is 111 cm³/mol. The maximum Gasteiger partial charge on any atom is 0.295 e. The van der Waals surface area contributed by atoms with E-state index in [-0.39, 0.29) is 30.2 Å². The molecule has 2 aromatic rings. The molecule has 1 amide bonds. The highest BCUT2D eigenvalue weighted by Crippen LogP contribution is 2.39. The van der Waals surface area contributed by atoms with Crippen molar-refractivity contribution in [2.45, 2.75) is 19.4 Å². The van der Waals surface area contributed by atoms with Crippen molar-refractivity contribution in [3.63, 3.8) is 0 Å². The molecule has 3 rings (SSSR count). The minimum atomic E-state index is -0.791. The van der Waals surface area contributed by atoms with E-state index in [0.29, 0.717) is 23.5 Å². The molecule has 158 valence electrons. The van der Waals surface area contributed by atoms with E-state index in [1.54, 1.807) is 36.4 Å². The molecule has 1 unspecified atom stereocenters. The van der Waals surface area contributed by atoms with Crippen molar-refractivity contribution in [1.82, 2.24) is 4.90 Å². The molecule has 2 N–H and O–H groups in total. The third-order valence-electron chi connectivity index (χ3n) is 4.87. The van der Waals surface area contributed by atoms with Gasteiger partial charge in [-0.2, -0.15) is 0 Å². The molecule has 1 fully saturated rings. The number of phenols is 1. The van der Waals surface area contributed by atoms with Crippen molar-refractivity contribution in [1.29, 1.82) is 0 Å². The van der Waals surface area contributed by atoms with Gasteiger partial charge in [0.25, 0.3) is 11.7 Å². The lowest BCUT2D eigenvalue weighted by Crippen LogP contribution is -2.32. The van der Waals surface area contributed by atoms with Gasteiger partial charge in [-0.3, -0.25) is 9.59 Å². The molecule has 2 aromatic carbocycles. The fourth-order valence-corrected chi connectivity index (χ4v) is 3.41. The summed E-state index contributed by atoms with van der Waals surface area (Å²) in [5.74, 6) is -1.11. The Bertz CT molecular complexity index is 950. The van der Waals surface area contributed by atoms with E-state index in [2.05, 4.69) is 0 Å². The fourth-order valence-electron chi connectivity index (χ4n) is 3.41. The predicted octanol–water partition coefficient (Wildman–Crippen LogP) is 3.25. The van der Waals surface area contributed by atoms with Gasteiger partial charge in [0, 0.05) is 19.2 Å². The lowest BCUT2D eigenvalue weighted by Gasteiger charge is -2.25. The van der Waals surface area contributed by atoms with E-state index >= 15 is 0 Å². The number of phenolic OH excluding ortho intramolecular Hbond substituents is 1. The second-order valence-electron chi connectivity index (χ2n) is 6.95. The molecule has 0 aromatic heterocycles. The van der Waals surface area contributed by atoms with Crippen molar-refractivity contribution in [2.75, 3.05) is 26.9 Å². The van der Waals surface area contributed by atoms with E-state index in [1.165, 1.54) is 24.1 Å². The number of hydrogen-bond acceptors (Lipinski definition) is 6. The third-order valence-corrected chi connectivity index (χ3v) is 4.87. The fraction of sp³-hybridized carbons (Fsp3) is 0.304. The number of benzene rings is 2. The van der Waals surface area contributed by atoms with Crippen LogP contribution in [0.4, 0.5) is 0 Å². The van der Waals surface area contributed by atoms with Crippen molar-refractivity contribution >= 4 is 17.4 Å².